The Hall–Kier alpha value is -6.46. The van der Waals surface area contributed by atoms with E-state index in [2.05, 4.69) is 23.8 Å². The second-order valence-electron chi connectivity index (χ2n) is 15.5. The fourth-order valence-corrected chi connectivity index (χ4v) is 9.18. The van der Waals surface area contributed by atoms with Crippen molar-refractivity contribution in [2.45, 2.75) is 63.8 Å². The molecule has 4 rings (SSSR count). The number of amides is 2. The Morgan fingerprint density at radius 1 is 0.725 bits per heavy atom. The highest BCUT2D eigenvalue weighted by Crippen LogP contribution is 2.43. The highest BCUT2D eigenvalue weighted by Gasteiger charge is 2.49. The first-order valence-corrected chi connectivity index (χ1v) is 24.8. The van der Waals surface area contributed by atoms with E-state index in [0.717, 1.165) is 35.9 Å². The van der Waals surface area contributed by atoms with Gasteiger partial charge in [-0.25, -0.2) is 40.6 Å². The van der Waals surface area contributed by atoms with Crippen molar-refractivity contribution in [1.82, 2.24) is 19.3 Å². The van der Waals surface area contributed by atoms with Crippen LogP contribution in [0.15, 0.2) is 94.3 Å². The molecule has 0 spiro atoms. The molecule has 2 aromatic rings. The lowest BCUT2D eigenvalue weighted by Crippen LogP contribution is -2.40. The molecule has 2 amide bonds. The lowest BCUT2D eigenvalue weighted by atomic mass is 9.93. The van der Waals surface area contributed by atoms with Gasteiger partial charge >= 0.3 is 39.7 Å². The number of carbonyl (C=O) groups is 4. The quantitative estimate of drug-likeness (QED) is 0.0168. The lowest BCUT2D eigenvalue weighted by molar-refractivity contribution is -0.139. The Morgan fingerprint density at radius 2 is 1.33 bits per heavy atom. The number of fused-ring (bicyclic) bond motifs is 2. The maximum atomic E-state index is 13.6. The number of rotatable bonds is 25. The number of alkyl halides is 3. The van der Waals surface area contributed by atoms with Crippen molar-refractivity contribution in [2.24, 2.45) is 0 Å². The standard InChI is InChI=1S/C46H56F3N5O13S2/c1-7-9-21-53(23-27-65-44(57)50-19-25-63-42(55)31(3)4)33-15-17-35-38(29-33)67-39-30-34(54(22-10-8-2)24-28-66-45(58)51-20-26-64-43(56)32(5)6)16-18-36(39)41(35)37-13-11-12-14-40(37)68(59,60)52-69(61,62)46(47,48)49/h11-18,29-30,52H,3,5,7-10,19-28H2,1-2,4,6H3,(H-,50,51,57,58)/p+1. The number of nitrogens with zero attached hydrogens (tertiary/aromatic N) is 2. The minimum atomic E-state index is -6.36. The zero-order valence-electron chi connectivity index (χ0n) is 38.7. The molecule has 0 saturated heterocycles. The summed E-state index contributed by atoms with van der Waals surface area (Å²) in [5, 5.41) is 5.93. The zero-order chi connectivity index (χ0) is 50.9. The highest BCUT2D eigenvalue weighted by molar-refractivity contribution is 8.05. The number of nitrogens with one attached hydrogen (secondary N) is 3. The molecule has 0 saturated carbocycles. The van der Waals surface area contributed by atoms with Crippen LogP contribution in [0.1, 0.15) is 53.4 Å². The molecule has 0 unspecified atom stereocenters. The molecule has 376 valence electrons. The van der Waals surface area contributed by atoms with Gasteiger partial charge in [0.05, 0.1) is 30.6 Å². The smallest absolute Gasteiger partial charge is 0.460 e. The summed E-state index contributed by atoms with van der Waals surface area (Å²) in [5.74, 6) is -0.993. The van der Waals surface area contributed by atoms with Crippen molar-refractivity contribution in [2.75, 3.05) is 70.6 Å². The van der Waals surface area contributed by atoms with E-state index in [0.29, 0.717) is 35.1 Å². The van der Waals surface area contributed by atoms with Gasteiger partial charge in [-0.1, -0.05) is 62.2 Å². The van der Waals surface area contributed by atoms with E-state index >= 15 is 0 Å². The summed E-state index contributed by atoms with van der Waals surface area (Å²) in [6, 6.07) is 15.1. The van der Waals surface area contributed by atoms with Crippen LogP contribution >= 0.6 is 0 Å². The predicted octanol–water partition coefficient (Wildman–Crippen LogP) is 6.20. The van der Waals surface area contributed by atoms with Crippen LogP contribution in [0.3, 0.4) is 0 Å². The first-order chi connectivity index (χ1) is 32.6. The maximum absolute atomic E-state index is 13.6. The van der Waals surface area contributed by atoms with E-state index in [1.807, 2.05) is 23.3 Å². The average Bonchev–Trinajstić information content (AvgIpc) is 3.29. The molecule has 18 nitrogen and oxygen atoms in total. The van der Waals surface area contributed by atoms with Gasteiger partial charge in [0.1, 0.15) is 37.7 Å². The van der Waals surface area contributed by atoms with E-state index in [1.165, 1.54) is 32.0 Å². The molecule has 0 fully saturated rings. The number of carbonyl (C=O) groups excluding carboxylic acids is 4. The van der Waals surface area contributed by atoms with Gasteiger partial charge in [0.25, 0.3) is 10.0 Å². The molecule has 1 heterocycles. The second kappa shape index (κ2) is 25.2. The summed E-state index contributed by atoms with van der Waals surface area (Å²) < 4.78 is 122. The van der Waals surface area contributed by atoms with E-state index in [-0.39, 0.29) is 86.2 Å². The van der Waals surface area contributed by atoms with E-state index in [9.17, 15) is 49.2 Å². The van der Waals surface area contributed by atoms with Crippen LogP contribution in [0.2, 0.25) is 0 Å². The van der Waals surface area contributed by atoms with Gasteiger partial charge in [-0.2, -0.15) is 13.2 Å². The summed E-state index contributed by atoms with van der Waals surface area (Å²) >= 11 is 0. The number of halogens is 3. The van der Waals surface area contributed by atoms with Crippen molar-refractivity contribution in [3.05, 3.63) is 90.3 Å². The average molecular weight is 1010 g/mol. The largest absolute Gasteiger partial charge is 0.512 e. The summed E-state index contributed by atoms with van der Waals surface area (Å²) in [4.78, 5) is 49.3. The molecule has 1 aliphatic carbocycles. The molecule has 69 heavy (non-hydrogen) atoms. The Kier molecular flexibility index (Phi) is 20.2. The number of alkyl carbamates (subject to hydrolysis) is 2. The fourth-order valence-electron chi connectivity index (χ4n) is 6.57. The minimum Gasteiger partial charge on any atom is -0.460 e. The summed E-state index contributed by atoms with van der Waals surface area (Å²) in [6.45, 7) is 15.1. The van der Waals surface area contributed by atoms with Gasteiger partial charge in [-0.05, 0) is 44.5 Å². The molecule has 2 aromatic carbocycles. The molecule has 0 radical (unpaired) electrons. The third-order valence-electron chi connectivity index (χ3n) is 10.0. The van der Waals surface area contributed by atoms with Crippen molar-refractivity contribution in [3.63, 3.8) is 0 Å². The zero-order valence-corrected chi connectivity index (χ0v) is 40.4. The summed E-state index contributed by atoms with van der Waals surface area (Å²) in [6.07, 6.45) is 1.57. The monoisotopic (exact) mass is 1010 g/mol. The van der Waals surface area contributed by atoms with Crippen LogP contribution in [0.5, 0.6) is 0 Å². The van der Waals surface area contributed by atoms with Gasteiger partial charge in [0, 0.05) is 64.0 Å². The van der Waals surface area contributed by atoms with E-state index < -0.39 is 54.6 Å². The molecule has 2 aliphatic rings. The number of hydrogen-bond donors (Lipinski definition) is 3. The first-order valence-electron chi connectivity index (χ1n) is 21.8. The van der Waals surface area contributed by atoms with Crippen molar-refractivity contribution in [3.8, 4) is 22.5 Å². The van der Waals surface area contributed by atoms with Gasteiger partial charge < -0.3 is 38.9 Å². The Morgan fingerprint density at radius 3 is 1.93 bits per heavy atom. The number of hydrogen-bond acceptors (Lipinski definition) is 14. The number of anilines is 1. The molecular formula is C46H57F3N5O13S2+. The maximum Gasteiger partial charge on any atom is 0.512 e. The number of benzene rings is 3. The van der Waals surface area contributed by atoms with Crippen LogP contribution in [-0.4, -0.2) is 112 Å². The van der Waals surface area contributed by atoms with Gasteiger partial charge in [0.15, 0.2) is 13.2 Å². The van der Waals surface area contributed by atoms with Crippen LogP contribution < -0.4 is 29.6 Å². The molecule has 3 N–H and O–H groups in total. The fraction of sp³-hybridized carbons (Fsp3) is 0.413. The van der Waals surface area contributed by atoms with E-state index in [1.54, 1.807) is 36.4 Å². The molecule has 0 aromatic heterocycles. The van der Waals surface area contributed by atoms with Crippen LogP contribution in [0.25, 0.3) is 33.4 Å². The molecule has 1 aliphatic heterocycles. The van der Waals surface area contributed by atoms with Gasteiger partial charge in [-0.15, -0.1) is 0 Å². The third-order valence-corrected chi connectivity index (χ3v) is 13.3. The van der Waals surface area contributed by atoms with Crippen molar-refractivity contribution in [1.29, 1.82) is 0 Å². The van der Waals surface area contributed by atoms with Crippen LogP contribution in [0, 0.1) is 0 Å². The molecular weight excluding hydrogens is 952 g/mol. The molecule has 0 atom stereocenters. The van der Waals surface area contributed by atoms with Gasteiger partial charge in [-0.3, -0.25) is 0 Å². The molecule has 23 heteroatoms. The number of sulfonamides is 2. The normalized spacial score (nSPS) is 12.2. The Labute approximate surface area is 398 Å². The second-order valence-corrected chi connectivity index (χ2v) is 19.1. The number of esters is 2. The predicted molar refractivity (Wildman–Crippen MR) is 251 cm³/mol. The van der Waals surface area contributed by atoms with E-state index in [4.69, 9.17) is 23.4 Å². The summed E-state index contributed by atoms with van der Waals surface area (Å²) in [7, 11) is -11.8. The topological polar surface area (TPSA) is 229 Å². The van der Waals surface area contributed by atoms with Crippen LogP contribution in [0.4, 0.5) is 28.4 Å². The van der Waals surface area contributed by atoms with Crippen molar-refractivity contribution >= 4 is 60.8 Å². The highest BCUT2D eigenvalue weighted by atomic mass is 32.3. The van der Waals surface area contributed by atoms with Crippen LogP contribution in [-0.2, 0) is 48.6 Å². The third kappa shape index (κ3) is 15.8. The number of unbranched alkanes of at least 4 members (excludes halogenated alkanes) is 2. The Balaban J connectivity index is 1.80. The van der Waals surface area contributed by atoms with Crippen molar-refractivity contribution < 1.29 is 72.5 Å². The first kappa shape index (κ1) is 55.1. The molecule has 0 bridgehead atoms. The lowest BCUT2D eigenvalue weighted by Gasteiger charge is -2.25. The van der Waals surface area contributed by atoms with Gasteiger partial charge in [0.2, 0.25) is 5.36 Å². The SMILES string of the molecule is C=C(C)C(=O)OCCNC(=O)OCCN(CCCC)c1ccc2c(-c3ccccc3S(=O)(=O)NS(=O)(=O)C(F)(F)F)c3cc/c(=[N+](/CCCC)CCOC(=O)NCCOC(=O)C(=C)C)cc-3oc2c1. The summed E-state index contributed by atoms with van der Waals surface area (Å²) in [5.41, 5.74) is -4.34. The Bertz CT molecular complexity index is 2780. The number of ether oxygens (including phenoxy) is 4. The minimum absolute atomic E-state index is 0.000704.